The van der Waals surface area contributed by atoms with E-state index in [1.807, 2.05) is 0 Å². The van der Waals surface area contributed by atoms with Gasteiger partial charge in [-0.25, -0.2) is 0 Å². The highest BCUT2D eigenvalue weighted by Gasteiger charge is 2.79. The van der Waals surface area contributed by atoms with Crippen molar-refractivity contribution in [3.05, 3.63) is 12.2 Å². The van der Waals surface area contributed by atoms with Crippen molar-refractivity contribution < 1.29 is 35.4 Å². The van der Waals surface area contributed by atoms with Crippen molar-refractivity contribution in [1.29, 1.82) is 0 Å². The third kappa shape index (κ3) is 11.9. The summed E-state index contributed by atoms with van der Waals surface area (Å²) in [5, 5.41) is 0. The van der Waals surface area contributed by atoms with Crippen molar-refractivity contribution >= 4 is 64.6 Å². The lowest BCUT2D eigenvalue weighted by atomic mass is 10.0. The van der Waals surface area contributed by atoms with Gasteiger partial charge in [0.15, 0.2) is 33.3 Å². The van der Waals surface area contributed by atoms with Gasteiger partial charge in [-0.1, -0.05) is 44.8 Å². The highest BCUT2D eigenvalue weighted by Crippen LogP contribution is 2.52. The standard InChI is InChI=1S/C36H82O8Si8/c1-19-28-52(39-33(32(2)3)49(18)29-24-25-36(4,5)44-49,50(30-22-20-26-37-50)34(40-45(6,7)8)41-46(9,10)11)51(31-23-21-27-38-51)35(42-47(12,13)14)43-48(15,16)17/h33-35H,2,19-31H2,1,3-18H3. The second-order valence-corrected chi connectivity index (χ2v) is 62.5. The first kappa shape index (κ1) is 47.5. The van der Waals surface area contributed by atoms with Gasteiger partial charge < -0.3 is 35.4 Å². The molecule has 0 amide bonds. The quantitative estimate of drug-likeness (QED) is 0.0766. The molecule has 0 spiro atoms. The van der Waals surface area contributed by atoms with Crippen LogP contribution in [-0.4, -0.2) is 101 Å². The Kier molecular flexibility index (Phi) is 16.1. The van der Waals surface area contributed by atoms with Crippen LogP contribution in [0.15, 0.2) is 12.2 Å². The summed E-state index contributed by atoms with van der Waals surface area (Å²) in [6.45, 7) is 45.3. The first-order chi connectivity index (χ1) is 23.6. The van der Waals surface area contributed by atoms with Crippen molar-refractivity contribution in [3.8, 4) is 0 Å². The maximum atomic E-state index is 8.57. The van der Waals surface area contributed by atoms with E-state index >= 15 is 0 Å². The molecule has 52 heavy (non-hydrogen) atoms. The normalized spacial score (nSPS) is 30.0. The molecule has 0 bridgehead atoms. The van der Waals surface area contributed by atoms with E-state index in [1.54, 1.807) is 0 Å². The van der Waals surface area contributed by atoms with E-state index in [4.69, 9.17) is 42.0 Å². The summed E-state index contributed by atoms with van der Waals surface area (Å²) in [6, 6.07) is 3.88. The highest BCUT2D eigenvalue weighted by molar-refractivity contribution is 7.66. The van der Waals surface area contributed by atoms with Crippen LogP contribution in [0, 0.1) is 0 Å². The molecule has 306 valence electrons. The second kappa shape index (κ2) is 17.6. The van der Waals surface area contributed by atoms with Gasteiger partial charge in [0, 0.05) is 13.2 Å². The van der Waals surface area contributed by atoms with Gasteiger partial charge in [-0.3, -0.25) is 0 Å². The van der Waals surface area contributed by atoms with Crippen LogP contribution in [0.2, 0.25) is 109 Å². The molecule has 3 heterocycles. The summed E-state index contributed by atoms with van der Waals surface area (Å²) in [6.07, 6.45) is 7.43. The summed E-state index contributed by atoms with van der Waals surface area (Å²) in [5.74, 6) is -0.856. The monoisotopic (exact) mass is 866 g/mol. The Bertz CT molecular complexity index is 1080. The van der Waals surface area contributed by atoms with E-state index in [-0.39, 0.29) is 11.3 Å². The third-order valence-corrected chi connectivity index (χ3v) is 51.4. The van der Waals surface area contributed by atoms with E-state index in [0.717, 1.165) is 74.7 Å². The number of rotatable bonds is 18. The fourth-order valence-electron chi connectivity index (χ4n) is 8.86. The molecule has 3 rings (SSSR count). The van der Waals surface area contributed by atoms with Crippen molar-refractivity contribution in [1.82, 2.24) is 0 Å². The first-order valence-electron chi connectivity index (χ1n) is 20.6. The lowest BCUT2D eigenvalue weighted by molar-refractivity contribution is 0.0233. The minimum Gasteiger partial charge on any atom is -0.411 e. The highest BCUT2D eigenvalue weighted by atomic mass is 29.7. The molecule has 3 aliphatic rings. The van der Waals surface area contributed by atoms with Gasteiger partial charge in [-0.2, -0.15) is 0 Å². The fraction of sp³-hybridized carbons (Fsp3) is 0.944. The smallest absolute Gasteiger partial charge is 0.267 e. The van der Waals surface area contributed by atoms with E-state index in [1.165, 1.54) is 0 Å². The predicted octanol–water partition coefficient (Wildman–Crippen LogP) is 10.8. The van der Waals surface area contributed by atoms with Crippen molar-refractivity contribution in [2.24, 2.45) is 0 Å². The molecule has 0 N–H and O–H groups in total. The summed E-state index contributed by atoms with van der Waals surface area (Å²) in [5.41, 5.74) is 0.670. The van der Waals surface area contributed by atoms with E-state index in [0.29, 0.717) is 13.2 Å². The summed E-state index contributed by atoms with van der Waals surface area (Å²) in [4.78, 5) is 0. The summed E-state index contributed by atoms with van der Waals surface area (Å²) < 4.78 is 61.3. The van der Waals surface area contributed by atoms with Crippen LogP contribution < -0.4 is 0 Å². The lowest BCUT2D eigenvalue weighted by Gasteiger charge is -2.62. The van der Waals surface area contributed by atoms with Crippen molar-refractivity contribution in [2.75, 3.05) is 13.2 Å². The molecule has 0 aliphatic carbocycles. The predicted molar refractivity (Wildman–Crippen MR) is 238 cm³/mol. The Morgan fingerprint density at radius 3 is 1.35 bits per heavy atom. The van der Waals surface area contributed by atoms with E-state index in [9.17, 15) is 0 Å². The average Bonchev–Trinajstić information content (AvgIpc) is 2.95. The largest absolute Gasteiger partial charge is 0.411 e. The molecule has 4 unspecified atom stereocenters. The Hall–Kier alpha value is 1.16. The topological polar surface area (TPSA) is 73.8 Å². The molecule has 3 fully saturated rings. The van der Waals surface area contributed by atoms with Gasteiger partial charge in [-0.15, -0.1) is 0 Å². The van der Waals surface area contributed by atoms with E-state index < -0.39 is 76.4 Å². The minimum atomic E-state index is -3.31. The van der Waals surface area contributed by atoms with Crippen LogP contribution in [0.3, 0.4) is 0 Å². The van der Waals surface area contributed by atoms with Gasteiger partial charge in [0.25, 0.3) is 15.7 Å². The Morgan fingerprint density at radius 1 is 0.654 bits per heavy atom. The maximum absolute atomic E-state index is 8.57. The lowest BCUT2D eigenvalue weighted by Crippen LogP contribution is -2.90. The zero-order valence-electron chi connectivity index (χ0n) is 36.9. The maximum Gasteiger partial charge on any atom is 0.267 e. The van der Waals surface area contributed by atoms with Crippen LogP contribution in [0.25, 0.3) is 0 Å². The van der Waals surface area contributed by atoms with Crippen LogP contribution in [0.5, 0.6) is 0 Å². The Morgan fingerprint density at radius 2 is 1.06 bits per heavy atom. The van der Waals surface area contributed by atoms with Gasteiger partial charge >= 0.3 is 0 Å². The van der Waals surface area contributed by atoms with E-state index in [2.05, 4.69) is 113 Å². The van der Waals surface area contributed by atoms with Gasteiger partial charge in [0.2, 0.25) is 15.7 Å². The summed E-state index contributed by atoms with van der Waals surface area (Å²) >= 11 is 0. The molecule has 8 nitrogen and oxygen atoms in total. The van der Waals surface area contributed by atoms with Gasteiger partial charge in [-0.05, 0) is 149 Å². The second-order valence-electron chi connectivity index (χ2n) is 20.9. The average molecular weight is 868 g/mol. The molecule has 0 radical (unpaired) electrons. The SMILES string of the molecule is C=C(C)C(O[Si](CCC)([Si]1(C(O[Si](C)(C)C)O[Si](C)(C)C)CCCCO1)[Si]1(C(O[Si](C)(C)C)O[Si](C)(C)C)CCCCO1)[Si]1(C)CCCC(C)(C)O1. The van der Waals surface area contributed by atoms with Crippen LogP contribution in [-0.2, 0) is 35.4 Å². The molecule has 4 atom stereocenters. The summed E-state index contributed by atoms with van der Waals surface area (Å²) in [7, 11) is -20.8. The molecule has 0 aromatic rings. The Labute approximate surface area is 328 Å². The molecular weight excluding hydrogens is 785 g/mol. The molecule has 3 saturated heterocycles. The first-order valence-corrected chi connectivity index (χ1v) is 45.4. The zero-order chi connectivity index (χ0) is 39.7. The van der Waals surface area contributed by atoms with Gasteiger partial charge in [0.1, 0.15) is 11.8 Å². The van der Waals surface area contributed by atoms with Crippen LogP contribution >= 0.6 is 0 Å². The molecular formula is C36H82O8Si8. The zero-order valence-corrected chi connectivity index (χ0v) is 44.9. The molecule has 0 aromatic heterocycles. The molecule has 0 aromatic carbocycles. The molecule has 16 heteroatoms. The van der Waals surface area contributed by atoms with Gasteiger partial charge in [0.05, 0.1) is 11.3 Å². The van der Waals surface area contributed by atoms with Crippen molar-refractivity contribution in [3.63, 3.8) is 0 Å². The van der Waals surface area contributed by atoms with Crippen LogP contribution in [0.1, 0.15) is 72.6 Å². The third-order valence-electron chi connectivity index (χ3n) is 10.5. The molecule has 3 aliphatic heterocycles. The van der Waals surface area contributed by atoms with Crippen molar-refractivity contribution in [2.45, 2.75) is 205 Å². The molecule has 0 saturated carbocycles. The number of hydrogen-bond donors (Lipinski definition) is 0. The fourth-order valence-corrected chi connectivity index (χ4v) is 64.3. The Balaban J connectivity index is 2.60. The minimum absolute atomic E-state index is 0.200. The van der Waals surface area contributed by atoms with Crippen LogP contribution in [0.4, 0.5) is 0 Å². The number of hydrogen-bond acceptors (Lipinski definition) is 8.